The van der Waals surface area contributed by atoms with Crippen molar-refractivity contribution in [2.75, 3.05) is 26.7 Å². The standard InChI is InChI=1S/C15H27F3N2/c1-14(2)7-4-11(13(14)19-3)10-20-8-5-12(6-9-20)15(16,17)18/h11-13,19H,4-10H2,1-3H3. The third-order valence-corrected chi connectivity index (χ3v) is 5.33. The number of alkyl halides is 3. The maximum Gasteiger partial charge on any atom is 0.391 e. The van der Waals surface area contributed by atoms with E-state index in [2.05, 4.69) is 24.1 Å². The molecule has 5 heteroatoms. The van der Waals surface area contributed by atoms with E-state index in [-0.39, 0.29) is 12.8 Å². The van der Waals surface area contributed by atoms with Crippen LogP contribution in [-0.4, -0.2) is 43.8 Å². The molecule has 2 nitrogen and oxygen atoms in total. The fraction of sp³-hybridized carbons (Fsp3) is 1.00. The summed E-state index contributed by atoms with van der Waals surface area (Å²) in [7, 11) is 2.00. The summed E-state index contributed by atoms with van der Waals surface area (Å²) >= 11 is 0. The van der Waals surface area contributed by atoms with Crippen molar-refractivity contribution in [1.82, 2.24) is 10.2 Å². The molecule has 0 amide bonds. The van der Waals surface area contributed by atoms with Crippen LogP contribution in [0.15, 0.2) is 0 Å². The van der Waals surface area contributed by atoms with Gasteiger partial charge >= 0.3 is 6.18 Å². The first-order valence-corrected chi connectivity index (χ1v) is 7.70. The molecule has 1 aliphatic carbocycles. The zero-order chi connectivity index (χ0) is 15.0. The van der Waals surface area contributed by atoms with Gasteiger partial charge in [0.25, 0.3) is 0 Å². The molecule has 0 bridgehead atoms. The molecular weight excluding hydrogens is 265 g/mol. The van der Waals surface area contributed by atoms with Gasteiger partial charge in [0.15, 0.2) is 0 Å². The highest BCUT2D eigenvalue weighted by molar-refractivity contribution is 4.96. The molecule has 0 aromatic heterocycles. The molecule has 1 N–H and O–H groups in total. The number of hydrogen-bond donors (Lipinski definition) is 1. The molecule has 0 aromatic carbocycles. The first kappa shape index (κ1) is 16.1. The number of hydrogen-bond acceptors (Lipinski definition) is 2. The lowest BCUT2D eigenvalue weighted by Gasteiger charge is -2.37. The Bertz CT molecular complexity index is 320. The molecule has 1 saturated carbocycles. The molecule has 1 heterocycles. The second-order valence-corrected chi connectivity index (χ2v) is 7.17. The smallest absolute Gasteiger partial charge is 0.316 e. The highest BCUT2D eigenvalue weighted by atomic mass is 19.4. The molecule has 1 saturated heterocycles. The second-order valence-electron chi connectivity index (χ2n) is 7.17. The molecule has 0 radical (unpaired) electrons. The number of nitrogens with one attached hydrogen (secondary N) is 1. The van der Waals surface area contributed by atoms with Crippen molar-refractivity contribution >= 4 is 0 Å². The first-order chi connectivity index (χ1) is 9.24. The van der Waals surface area contributed by atoms with Crippen LogP contribution in [0.2, 0.25) is 0 Å². The fourth-order valence-corrected chi connectivity index (χ4v) is 4.12. The Morgan fingerprint density at radius 1 is 1.15 bits per heavy atom. The zero-order valence-corrected chi connectivity index (χ0v) is 12.8. The molecule has 20 heavy (non-hydrogen) atoms. The maximum atomic E-state index is 12.7. The van der Waals surface area contributed by atoms with Gasteiger partial charge in [-0.2, -0.15) is 13.2 Å². The molecular formula is C15H27F3N2. The first-order valence-electron chi connectivity index (χ1n) is 7.70. The summed E-state index contributed by atoms with van der Waals surface area (Å²) in [6.07, 6.45) is -1.09. The summed E-state index contributed by atoms with van der Waals surface area (Å²) in [4.78, 5) is 2.23. The largest absolute Gasteiger partial charge is 0.391 e. The third-order valence-electron chi connectivity index (χ3n) is 5.33. The minimum absolute atomic E-state index is 0.268. The van der Waals surface area contributed by atoms with Gasteiger partial charge in [0.05, 0.1) is 5.92 Å². The van der Waals surface area contributed by atoms with E-state index >= 15 is 0 Å². The Hall–Kier alpha value is -0.290. The van der Waals surface area contributed by atoms with Crippen LogP contribution >= 0.6 is 0 Å². The Morgan fingerprint density at radius 3 is 2.25 bits per heavy atom. The van der Waals surface area contributed by atoms with Gasteiger partial charge in [0, 0.05) is 12.6 Å². The van der Waals surface area contributed by atoms with Gasteiger partial charge in [-0.05, 0) is 57.2 Å². The quantitative estimate of drug-likeness (QED) is 0.859. The Labute approximate surface area is 120 Å². The molecule has 0 spiro atoms. The molecule has 2 fully saturated rings. The lowest BCUT2D eigenvalue weighted by atomic mass is 9.84. The number of halogens is 3. The van der Waals surface area contributed by atoms with Crippen molar-refractivity contribution in [3.63, 3.8) is 0 Å². The minimum Gasteiger partial charge on any atom is -0.316 e. The molecule has 2 rings (SSSR count). The SMILES string of the molecule is CNC1C(CN2CCC(C(F)(F)F)CC2)CCC1(C)C. The monoisotopic (exact) mass is 292 g/mol. The van der Waals surface area contributed by atoms with E-state index in [1.54, 1.807) is 0 Å². The average Bonchev–Trinajstić information content (AvgIpc) is 2.63. The summed E-state index contributed by atoms with van der Waals surface area (Å²) < 4.78 is 38.0. The van der Waals surface area contributed by atoms with E-state index in [9.17, 15) is 13.2 Å². The predicted octanol–water partition coefficient (Wildman–Crippen LogP) is 3.28. The summed E-state index contributed by atoms with van der Waals surface area (Å²) in [6.45, 7) is 6.70. The molecule has 2 aliphatic rings. The number of likely N-dealkylation sites (tertiary alicyclic amines) is 1. The topological polar surface area (TPSA) is 15.3 Å². The van der Waals surface area contributed by atoms with Gasteiger partial charge in [-0.15, -0.1) is 0 Å². The number of nitrogens with zero attached hydrogens (tertiary/aromatic N) is 1. The summed E-state index contributed by atoms with van der Waals surface area (Å²) in [5, 5.41) is 3.42. The summed E-state index contributed by atoms with van der Waals surface area (Å²) in [6, 6.07) is 0.475. The van der Waals surface area contributed by atoms with E-state index in [4.69, 9.17) is 0 Å². The van der Waals surface area contributed by atoms with Gasteiger partial charge in [0.2, 0.25) is 0 Å². The van der Waals surface area contributed by atoms with E-state index < -0.39 is 12.1 Å². The van der Waals surface area contributed by atoms with Crippen LogP contribution in [0.3, 0.4) is 0 Å². The number of rotatable bonds is 3. The van der Waals surface area contributed by atoms with E-state index in [1.807, 2.05) is 7.05 Å². The van der Waals surface area contributed by atoms with Crippen LogP contribution in [0.25, 0.3) is 0 Å². The van der Waals surface area contributed by atoms with Crippen LogP contribution in [0.1, 0.15) is 39.5 Å². The van der Waals surface area contributed by atoms with Crippen molar-refractivity contribution in [2.24, 2.45) is 17.3 Å². The Balaban J connectivity index is 1.84. The maximum absolute atomic E-state index is 12.7. The van der Waals surface area contributed by atoms with Crippen LogP contribution in [0.4, 0.5) is 13.2 Å². The molecule has 0 aromatic rings. The van der Waals surface area contributed by atoms with Gasteiger partial charge in [0.1, 0.15) is 0 Å². The predicted molar refractivity (Wildman–Crippen MR) is 74.6 cm³/mol. The Kier molecular flexibility index (Phi) is 4.69. The second kappa shape index (κ2) is 5.84. The lowest BCUT2D eigenvalue weighted by Crippen LogP contribution is -2.46. The molecule has 2 unspecified atom stereocenters. The lowest BCUT2D eigenvalue weighted by molar-refractivity contribution is -0.185. The van der Waals surface area contributed by atoms with Crippen LogP contribution < -0.4 is 5.32 Å². The van der Waals surface area contributed by atoms with Gasteiger partial charge in [-0.25, -0.2) is 0 Å². The van der Waals surface area contributed by atoms with Crippen molar-refractivity contribution in [3.8, 4) is 0 Å². The Morgan fingerprint density at radius 2 is 1.75 bits per heavy atom. The van der Waals surface area contributed by atoms with E-state index in [0.717, 1.165) is 6.54 Å². The molecule has 2 atom stereocenters. The van der Waals surface area contributed by atoms with Crippen molar-refractivity contribution in [2.45, 2.75) is 51.7 Å². The summed E-state index contributed by atoms with van der Waals surface area (Å²) in [5.74, 6) is -0.517. The van der Waals surface area contributed by atoms with Crippen LogP contribution in [-0.2, 0) is 0 Å². The summed E-state index contributed by atoms with van der Waals surface area (Å²) in [5.41, 5.74) is 0.295. The van der Waals surface area contributed by atoms with Gasteiger partial charge < -0.3 is 10.2 Å². The highest BCUT2D eigenvalue weighted by Crippen LogP contribution is 2.42. The molecule has 118 valence electrons. The normalized spacial score (nSPS) is 32.7. The zero-order valence-electron chi connectivity index (χ0n) is 12.8. The van der Waals surface area contributed by atoms with Crippen LogP contribution in [0, 0.1) is 17.3 Å². The highest BCUT2D eigenvalue weighted by Gasteiger charge is 2.44. The van der Waals surface area contributed by atoms with E-state index in [1.165, 1.54) is 12.8 Å². The van der Waals surface area contributed by atoms with E-state index in [0.29, 0.717) is 30.5 Å². The minimum atomic E-state index is -4.01. The number of piperidine rings is 1. The van der Waals surface area contributed by atoms with Gasteiger partial charge in [-0.3, -0.25) is 0 Å². The van der Waals surface area contributed by atoms with Crippen molar-refractivity contribution < 1.29 is 13.2 Å². The van der Waals surface area contributed by atoms with Crippen molar-refractivity contribution in [3.05, 3.63) is 0 Å². The van der Waals surface area contributed by atoms with Crippen molar-refractivity contribution in [1.29, 1.82) is 0 Å². The average molecular weight is 292 g/mol. The van der Waals surface area contributed by atoms with Gasteiger partial charge in [-0.1, -0.05) is 13.8 Å². The fourth-order valence-electron chi connectivity index (χ4n) is 4.12. The molecule has 1 aliphatic heterocycles. The third kappa shape index (κ3) is 3.48. The van der Waals surface area contributed by atoms with Crippen LogP contribution in [0.5, 0.6) is 0 Å².